The molecule has 0 saturated heterocycles. The van der Waals surface area contributed by atoms with Crippen LogP contribution in [0.2, 0.25) is 0 Å². The highest BCUT2D eigenvalue weighted by atomic mass is 14.6. The Morgan fingerprint density at radius 2 is 1.87 bits per heavy atom. The topological polar surface area (TPSA) is 0 Å². The van der Waals surface area contributed by atoms with Gasteiger partial charge in [-0.05, 0) is 117 Å². The van der Waals surface area contributed by atoms with Crippen molar-refractivity contribution in [2.75, 3.05) is 0 Å². The van der Waals surface area contributed by atoms with E-state index in [1.807, 2.05) is 5.57 Å². The molecule has 4 aliphatic rings. The molecule has 0 aliphatic heterocycles. The van der Waals surface area contributed by atoms with Crippen LogP contribution >= 0.6 is 0 Å². The normalized spacial score (nSPS) is 43.0. The standard InChI is InChI=1S/C30H50/c1-21(2)9-7-8-10-24-12-14-27-26-13-11-25-20-23(19-22(3)4)15-17-30(25,6)28(26)16-18-29(24,27)5/h11,21,23-24,26-28H,3,7-10,12-20H2,1-2,4-6H3. The van der Waals surface area contributed by atoms with Crippen molar-refractivity contribution in [3.8, 4) is 0 Å². The van der Waals surface area contributed by atoms with Gasteiger partial charge in [0.2, 0.25) is 0 Å². The molecule has 7 unspecified atom stereocenters. The lowest BCUT2D eigenvalue weighted by Gasteiger charge is -2.58. The van der Waals surface area contributed by atoms with Crippen LogP contribution in [-0.2, 0) is 0 Å². The Morgan fingerprint density at radius 1 is 1.07 bits per heavy atom. The van der Waals surface area contributed by atoms with Crippen molar-refractivity contribution in [3.63, 3.8) is 0 Å². The van der Waals surface area contributed by atoms with Crippen LogP contribution in [0.1, 0.15) is 118 Å². The average molecular weight is 411 g/mol. The minimum absolute atomic E-state index is 0.519. The fraction of sp³-hybridized carbons (Fsp3) is 0.867. The summed E-state index contributed by atoms with van der Waals surface area (Å²) in [5.74, 6) is 5.72. The van der Waals surface area contributed by atoms with E-state index in [9.17, 15) is 0 Å². The SMILES string of the molecule is C=C(C)CC1CCC2(C)C(=CCC3C2CCC2(C)C(CCCCC(C)C)CCC32)C1. The summed E-state index contributed by atoms with van der Waals surface area (Å²) >= 11 is 0. The Balaban J connectivity index is 1.44. The molecule has 0 amide bonds. The molecule has 0 aromatic carbocycles. The third-order valence-electron chi connectivity index (χ3n) is 10.6. The predicted molar refractivity (Wildman–Crippen MR) is 131 cm³/mol. The van der Waals surface area contributed by atoms with Gasteiger partial charge in [0.05, 0.1) is 0 Å². The maximum absolute atomic E-state index is 4.20. The lowest BCUT2D eigenvalue weighted by atomic mass is 9.46. The number of rotatable bonds is 7. The first-order valence-electron chi connectivity index (χ1n) is 13.6. The number of hydrogen-bond acceptors (Lipinski definition) is 0. The second-order valence-electron chi connectivity index (χ2n) is 13.0. The maximum Gasteiger partial charge on any atom is -0.00851 e. The first-order chi connectivity index (χ1) is 14.2. The molecule has 0 heterocycles. The maximum atomic E-state index is 4.20. The summed E-state index contributed by atoms with van der Waals surface area (Å²) in [4.78, 5) is 0. The van der Waals surface area contributed by atoms with Gasteiger partial charge in [-0.3, -0.25) is 0 Å². The van der Waals surface area contributed by atoms with E-state index in [4.69, 9.17) is 0 Å². The molecular weight excluding hydrogens is 360 g/mol. The van der Waals surface area contributed by atoms with E-state index in [0.29, 0.717) is 10.8 Å². The van der Waals surface area contributed by atoms with E-state index < -0.39 is 0 Å². The minimum Gasteiger partial charge on any atom is -0.100 e. The Labute approximate surface area is 188 Å². The third-order valence-corrected chi connectivity index (χ3v) is 10.6. The quantitative estimate of drug-likeness (QED) is 0.289. The van der Waals surface area contributed by atoms with Gasteiger partial charge in [0.1, 0.15) is 0 Å². The molecule has 170 valence electrons. The van der Waals surface area contributed by atoms with Crippen molar-refractivity contribution in [1.29, 1.82) is 0 Å². The van der Waals surface area contributed by atoms with Crippen molar-refractivity contribution in [1.82, 2.24) is 0 Å². The molecule has 7 atom stereocenters. The first kappa shape index (κ1) is 22.7. The largest absolute Gasteiger partial charge is 0.100 e. The van der Waals surface area contributed by atoms with Gasteiger partial charge in [0.15, 0.2) is 0 Å². The smallest absolute Gasteiger partial charge is 0.00851 e. The van der Waals surface area contributed by atoms with E-state index in [2.05, 4.69) is 47.3 Å². The third kappa shape index (κ3) is 4.11. The van der Waals surface area contributed by atoms with Crippen molar-refractivity contribution >= 4 is 0 Å². The van der Waals surface area contributed by atoms with Gasteiger partial charge in [-0.15, -0.1) is 6.58 Å². The van der Waals surface area contributed by atoms with Gasteiger partial charge < -0.3 is 0 Å². The van der Waals surface area contributed by atoms with Crippen molar-refractivity contribution < 1.29 is 0 Å². The van der Waals surface area contributed by atoms with Crippen LogP contribution in [0, 0.1) is 46.3 Å². The second kappa shape index (κ2) is 8.78. The minimum atomic E-state index is 0.519. The summed E-state index contributed by atoms with van der Waals surface area (Å²) in [6, 6.07) is 0. The van der Waals surface area contributed by atoms with Crippen LogP contribution in [0.4, 0.5) is 0 Å². The average Bonchev–Trinajstić information content (AvgIpc) is 3.01. The van der Waals surface area contributed by atoms with E-state index >= 15 is 0 Å². The molecule has 0 spiro atoms. The Bertz CT molecular complexity index is 653. The summed E-state index contributed by atoms with van der Waals surface area (Å²) in [6.07, 6.45) is 21.6. The van der Waals surface area contributed by atoms with Crippen LogP contribution in [0.15, 0.2) is 23.8 Å². The lowest BCUT2D eigenvalue weighted by Crippen LogP contribution is -2.50. The molecule has 4 aliphatic carbocycles. The van der Waals surface area contributed by atoms with Gasteiger partial charge in [0, 0.05) is 0 Å². The molecule has 0 aromatic heterocycles. The van der Waals surface area contributed by atoms with Crippen LogP contribution in [0.3, 0.4) is 0 Å². The molecule has 3 fully saturated rings. The van der Waals surface area contributed by atoms with Crippen molar-refractivity contribution in [3.05, 3.63) is 23.8 Å². The summed E-state index contributed by atoms with van der Waals surface area (Å²) < 4.78 is 0. The molecule has 0 aromatic rings. The molecule has 4 rings (SSSR count). The van der Waals surface area contributed by atoms with Gasteiger partial charge >= 0.3 is 0 Å². The summed E-state index contributed by atoms with van der Waals surface area (Å²) in [5.41, 5.74) is 4.41. The number of unbranched alkanes of at least 4 members (excludes halogenated alkanes) is 1. The zero-order valence-electron chi connectivity index (χ0n) is 20.9. The van der Waals surface area contributed by atoms with E-state index in [0.717, 1.165) is 35.5 Å². The highest BCUT2D eigenvalue weighted by Gasteiger charge is 2.58. The monoisotopic (exact) mass is 410 g/mol. The molecule has 0 bridgehead atoms. The fourth-order valence-corrected chi connectivity index (χ4v) is 8.93. The van der Waals surface area contributed by atoms with Crippen LogP contribution in [0.25, 0.3) is 0 Å². The summed E-state index contributed by atoms with van der Waals surface area (Å²) in [5, 5.41) is 0. The first-order valence-corrected chi connectivity index (χ1v) is 13.6. The van der Waals surface area contributed by atoms with E-state index in [1.54, 1.807) is 0 Å². The highest BCUT2D eigenvalue weighted by Crippen LogP contribution is 2.67. The van der Waals surface area contributed by atoms with Gasteiger partial charge in [-0.1, -0.05) is 64.2 Å². The Hall–Kier alpha value is -0.520. The Morgan fingerprint density at radius 3 is 2.60 bits per heavy atom. The molecule has 0 radical (unpaired) electrons. The summed E-state index contributed by atoms with van der Waals surface area (Å²) in [6.45, 7) is 16.6. The molecule has 30 heavy (non-hydrogen) atoms. The van der Waals surface area contributed by atoms with Crippen molar-refractivity contribution in [2.45, 2.75) is 118 Å². The molecule has 0 nitrogen and oxygen atoms in total. The zero-order valence-corrected chi connectivity index (χ0v) is 20.9. The predicted octanol–water partition coefficient (Wildman–Crippen LogP) is 9.36. The Kier molecular flexibility index (Phi) is 6.64. The van der Waals surface area contributed by atoms with Crippen LogP contribution in [-0.4, -0.2) is 0 Å². The fourth-order valence-electron chi connectivity index (χ4n) is 8.93. The lowest BCUT2D eigenvalue weighted by molar-refractivity contribution is -0.0455. The van der Waals surface area contributed by atoms with E-state index in [-0.39, 0.29) is 0 Å². The van der Waals surface area contributed by atoms with Crippen LogP contribution in [0.5, 0.6) is 0 Å². The number of fused-ring (bicyclic) bond motifs is 5. The number of hydrogen-bond donors (Lipinski definition) is 0. The molecular formula is C30H50. The summed E-state index contributed by atoms with van der Waals surface area (Å²) in [7, 11) is 0. The van der Waals surface area contributed by atoms with E-state index in [1.165, 1.54) is 89.0 Å². The van der Waals surface area contributed by atoms with Gasteiger partial charge in [-0.25, -0.2) is 0 Å². The number of allylic oxidation sites excluding steroid dienone is 3. The molecule has 0 heteroatoms. The van der Waals surface area contributed by atoms with Crippen LogP contribution < -0.4 is 0 Å². The molecule has 0 N–H and O–H groups in total. The zero-order chi connectivity index (χ0) is 21.5. The molecule has 3 saturated carbocycles. The highest BCUT2D eigenvalue weighted by molar-refractivity contribution is 5.25. The van der Waals surface area contributed by atoms with Gasteiger partial charge in [0.25, 0.3) is 0 Å². The van der Waals surface area contributed by atoms with Crippen molar-refractivity contribution in [2.24, 2.45) is 46.3 Å². The second-order valence-corrected chi connectivity index (χ2v) is 13.0. The van der Waals surface area contributed by atoms with Gasteiger partial charge in [-0.2, -0.15) is 0 Å².